The molecule has 0 aliphatic carbocycles. The topological polar surface area (TPSA) is 0 Å². The second-order valence-corrected chi connectivity index (χ2v) is 3.08. The van der Waals surface area contributed by atoms with Gasteiger partial charge in [0.2, 0.25) is 0 Å². The molecule has 0 heterocycles. The van der Waals surface area contributed by atoms with Gasteiger partial charge >= 0.3 is 0 Å². The zero-order valence-corrected chi connectivity index (χ0v) is 7.44. The molecule has 0 bridgehead atoms. The minimum Gasteiger partial charge on any atom is -0.248 e. The lowest BCUT2D eigenvalue weighted by atomic mass is 10.2. The van der Waals surface area contributed by atoms with Gasteiger partial charge in [-0.3, -0.25) is 0 Å². The zero-order chi connectivity index (χ0) is 9.02. The molecule has 6 heteroatoms. The van der Waals surface area contributed by atoms with Gasteiger partial charge < -0.3 is 0 Å². The van der Waals surface area contributed by atoms with Crippen LogP contribution >= 0.6 is 22.6 Å². The second-order valence-electron chi connectivity index (χ2n) is 1.89. The van der Waals surface area contributed by atoms with Crippen molar-refractivity contribution in [1.29, 1.82) is 0 Å². The molecule has 11 heavy (non-hydrogen) atoms. The third-order valence-electron chi connectivity index (χ3n) is 1.04. The van der Waals surface area contributed by atoms with Gasteiger partial charge in [0, 0.05) is 0 Å². The van der Waals surface area contributed by atoms with Crippen LogP contribution < -0.4 is 0 Å². The average molecular weight is 288 g/mol. The van der Waals surface area contributed by atoms with Crippen molar-refractivity contribution in [1.82, 2.24) is 0 Å². The quantitative estimate of drug-likeness (QED) is 0.424. The first-order valence-electron chi connectivity index (χ1n) is 2.77. The fourth-order valence-electron chi connectivity index (χ4n) is 0.424. The molecule has 0 aliphatic rings. The van der Waals surface area contributed by atoms with E-state index in [9.17, 15) is 22.0 Å². The second kappa shape index (κ2) is 5.10. The Morgan fingerprint density at radius 2 is 1.45 bits per heavy atom. The molecule has 0 spiro atoms. The zero-order valence-electron chi connectivity index (χ0n) is 5.28. The van der Waals surface area contributed by atoms with E-state index in [1.54, 1.807) is 0 Å². The molecule has 0 N–H and O–H groups in total. The predicted molar refractivity (Wildman–Crippen MR) is 39.6 cm³/mol. The molecule has 0 aromatic rings. The van der Waals surface area contributed by atoms with E-state index >= 15 is 0 Å². The monoisotopic (exact) mass is 288 g/mol. The summed E-state index contributed by atoms with van der Waals surface area (Å²) in [5, 5.41) is 0. The Hall–Kier alpha value is 0.380. The van der Waals surface area contributed by atoms with Crippen LogP contribution in [0.3, 0.4) is 0 Å². The molecule has 4 unspecified atom stereocenters. The van der Waals surface area contributed by atoms with Crippen LogP contribution in [0.4, 0.5) is 22.0 Å². The summed E-state index contributed by atoms with van der Waals surface area (Å²) in [5.74, 6) is 0. The predicted octanol–water partition coefficient (Wildman–Crippen LogP) is 2.70. The summed E-state index contributed by atoms with van der Waals surface area (Å²) in [6.45, 7) is -1.63. The van der Waals surface area contributed by atoms with Crippen molar-refractivity contribution in [3.05, 3.63) is 0 Å². The molecule has 0 saturated heterocycles. The Labute approximate surface area is 74.3 Å². The van der Waals surface area contributed by atoms with E-state index in [1.807, 2.05) is 0 Å². The van der Waals surface area contributed by atoms with Gasteiger partial charge in [-0.25, -0.2) is 22.0 Å². The Morgan fingerprint density at radius 3 is 1.73 bits per heavy atom. The molecule has 0 aromatic heterocycles. The maximum Gasteiger partial charge on any atom is 0.185 e. The Kier molecular flexibility index (Phi) is 5.28. The third-order valence-corrected chi connectivity index (χ3v) is 1.72. The van der Waals surface area contributed by atoms with Crippen molar-refractivity contribution in [3.63, 3.8) is 0 Å². The highest BCUT2D eigenvalue weighted by Crippen LogP contribution is 2.21. The van der Waals surface area contributed by atoms with Crippen molar-refractivity contribution in [2.24, 2.45) is 0 Å². The SMILES string of the molecule is FCC(F)C(F)C(F)C(F)I. The van der Waals surface area contributed by atoms with Gasteiger partial charge in [0.1, 0.15) is 6.67 Å². The molecule has 0 rings (SSSR count). The summed E-state index contributed by atoms with van der Waals surface area (Å²) in [5.41, 5.74) is 0. The average Bonchev–Trinajstić information content (AvgIpc) is 2.00. The normalized spacial score (nSPS) is 22.4. The van der Waals surface area contributed by atoms with E-state index in [0.29, 0.717) is 0 Å². The van der Waals surface area contributed by atoms with Gasteiger partial charge in [-0.15, -0.1) is 0 Å². The maximum atomic E-state index is 12.2. The first-order valence-corrected chi connectivity index (χ1v) is 4.01. The summed E-state index contributed by atoms with van der Waals surface area (Å²) < 4.78 is 57.5. The van der Waals surface area contributed by atoms with E-state index in [2.05, 4.69) is 0 Å². The Balaban J connectivity index is 3.90. The minimum absolute atomic E-state index is 0.963. The molecule has 0 saturated carbocycles. The summed E-state index contributed by atoms with van der Waals surface area (Å²) in [7, 11) is 0. The summed E-state index contributed by atoms with van der Waals surface area (Å²) >= 11 is 0.963. The Bertz CT molecular complexity index is 109. The van der Waals surface area contributed by atoms with Gasteiger partial charge in [0.05, 0.1) is 0 Å². The first-order chi connectivity index (χ1) is 5.00. The molecule has 0 amide bonds. The number of halogens is 6. The summed E-state index contributed by atoms with van der Waals surface area (Å²) in [4.78, 5) is 0. The molecule has 0 aliphatic heterocycles. The van der Waals surface area contributed by atoms with E-state index in [0.717, 1.165) is 22.6 Å². The highest BCUT2D eigenvalue weighted by Gasteiger charge is 2.34. The van der Waals surface area contributed by atoms with Crippen molar-refractivity contribution >= 4 is 22.6 Å². The minimum atomic E-state index is -2.72. The standard InChI is InChI=1S/C5H6F5I/c6-1-2(7)3(8)4(9)5(10)11/h2-5H,1H2. The largest absolute Gasteiger partial charge is 0.248 e. The number of alkyl halides is 6. The summed E-state index contributed by atoms with van der Waals surface area (Å²) in [6, 6.07) is 0. The highest BCUT2D eigenvalue weighted by atomic mass is 127. The summed E-state index contributed by atoms with van der Waals surface area (Å²) in [6.07, 6.45) is -7.88. The van der Waals surface area contributed by atoms with Crippen LogP contribution in [-0.2, 0) is 0 Å². The first kappa shape index (κ1) is 11.4. The van der Waals surface area contributed by atoms with Crippen LogP contribution in [-0.4, -0.2) is 29.4 Å². The number of rotatable bonds is 4. The molecule has 0 nitrogen and oxygen atoms in total. The third kappa shape index (κ3) is 3.53. The van der Waals surface area contributed by atoms with Crippen molar-refractivity contribution in [2.45, 2.75) is 22.7 Å². The fourth-order valence-corrected chi connectivity index (χ4v) is 0.820. The highest BCUT2D eigenvalue weighted by molar-refractivity contribution is 14.1. The van der Waals surface area contributed by atoms with Crippen molar-refractivity contribution < 1.29 is 22.0 Å². The van der Waals surface area contributed by atoms with E-state index in [4.69, 9.17) is 0 Å². The van der Waals surface area contributed by atoms with Gasteiger partial charge in [-0.1, -0.05) is 0 Å². The van der Waals surface area contributed by atoms with Crippen LogP contribution in [0.2, 0.25) is 0 Å². The van der Waals surface area contributed by atoms with Crippen LogP contribution in [0.5, 0.6) is 0 Å². The Morgan fingerprint density at radius 1 is 1.00 bits per heavy atom. The molecule has 68 valence electrons. The van der Waals surface area contributed by atoms with Gasteiger partial charge in [-0.2, -0.15) is 0 Å². The van der Waals surface area contributed by atoms with Crippen molar-refractivity contribution in [3.8, 4) is 0 Å². The maximum absolute atomic E-state index is 12.2. The molecular weight excluding hydrogens is 282 g/mol. The molecule has 0 fully saturated rings. The van der Waals surface area contributed by atoms with Crippen LogP contribution in [0, 0.1) is 0 Å². The van der Waals surface area contributed by atoms with Gasteiger partial charge in [-0.05, 0) is 22.6 Å². The molecule has 4 atom stereocenters. The van der Waals surface area contributed by atoms with E-state index < -0.39 is 29.4 Å². The number of hydrogen-bond donors (Lipinski definition) is 0. The lowest BCUT2D eigenvalue weighted by molar-refractivity contribution is 0.0505. The smallest absolute Gasteiger partial charge is 0.185 e. The van der Waals surface area contributed by atoms with Crippen LogP contribution in [0.25, 0.3) is 0 Å². The fraction of sp³-hybridized carbons (Fsp3) is 1.00. The molecule has 0 aromatic carbocycles. The lowest BCUT2D eigenvalue weighted by Gasteiger charge is -2.14. The lowest BCUT2D eigenvalue weighted by Crippen LogP contribution is -2.33. The molecule has 0 radical (unpaired) electrons. The van der Waals surface area contributed by atoms with Crippen molar-refractivity contribution in [2.75, 3.05) is 6.67 Å². The van der Waals surface area contributed by atoms with E-state index in [1.165, 1.54) is 0 Å². The van der Waals surface area contributed by atoms with Gasteiger partial charge in [0.25, 0.3) is 0 Å². The number of hydrogen-bond acceptors (Lipinski definition) is 0. The molecular formula is C5H6F5I. The van der Waals surface area contributed by atoms with Gasteiger partial charge in [0.15, 0.2) is 22.7 Å². The van der Waals surface area contributed by atoms with E-state index in [-0.39, 0.29) is 0 Å². The van der Waals surface area contributed by atoms with Crippen LogP contribution in [0.1, 0.15) is 0 Å². The van der Waals surface area contributed by atoms with Crippen LogP contribution in [0.15, 0.2) is 0 Å².